The molecule has 0 bridgehead atoms. The molecule has 76 valence electrons. The number of anilines is 1. The Balaban J connectivity index is 2.18. The molecule has 0 saturated carbocycles. The zero-order valence-corrected chi connectivity index (χ0v) is 8.21. The second-order valence-electron chi connectivity index (χ2n) is 3.02. The smallest absolute Gasteiger partial charge is 0.224 e. The molecule has 0 unspecified atom stereocenters. The minimum absolute atomic E-state index is 0.375. The summed E-state index contributed by atoms with van der Waals surface area (Å²) in [6.45, 7) is 1.91. The number of nitrogens with two attached hydrogens (primary N) is 1. The molecule has 0 aromatic carbocycles. The summed E-state index contributed by atoms with van der Waals surface area (Å²) in [5, 5.41) is 0. The number of hydrogen-bond donors (Lipinski definition) is 1. The summed E-state index contributed by atoms with van der Waals surface area (Å²) in [6.07, 6.45) is 2.99. The van der Waals surface area contributed by atoms with Crippen LogP contribution in [0.1, 0.15) is 5.69 Å². The minimum Gasteiger partial charge on any atom is -0.437 e. The highest BCUT2D eigenvalue weighted by atomic mass is 16.5. The van der Waals surface area contributed by atoms with Crippen LogP contribution in [0.3, 0.4) is 0 Å². The molecule has 2 aromatic heterocycles. The third kappa shape index (κ3) is 2.40. The lowest BCUT2D eigenvalue weighted by molar-refractivity contribution is 0.459. The van der Waals surface area contributed by atoms with Crippen LogP contribution < -0.4 is 10.5 Å². The van der Waals surface area contributed by atoms with Gasteiger partial charge in [0.15, 0.2) is 0 Å². The molecular weight excluding hydrogens is 192 g/mol. The van der Waals surface area contributed by atoms with Crippen LogP contribution in [0, 0.1) is 6.92 Å². The Kier molecular flexibility index (Phi) is 2.45. The molecule has 0 aliphatic rings. The fourth-order valence-electron chi connectivity index (χ4n) is 1.04. The van der Waals surface area contributed by atoms with Gasteiger partial charge >= 0.3 is 0 Å². The first-order valence-electron chi connectivity index (χ1n) is 4.42. The van der Waals surface area contributed by atoms with Crippen LogP contribution in [0.5, 0.6) is 11.6 Å². The molecule has 5 nitrogen and oxygen atoms in total. The van der Waals surface area contributed by atoms with Crippen LogP contribution in [0.15, 0.2) is 30.7 Å². The largest absolute Gasteiger partial charge is 0.437 e. The summed E-state index contributed by atoms with van der Waals surface area (Å²) in [6, 6.07) is 5.24. The molecule has 2 aromatic rings. The number of aryl methyl sites for hydroxylation is 1. The molecule has 0 spiro atoms. The highest BCUT2D eigenvalue weighted by Gasteiger charge is 1.99. The topological polar surface area (TPSA) is 73.9 Å². The highest BCUT2D eigenvalue weighted by molar-refractivity contribution is 5.33. The van der Waals surface area contributed by atoms with E-state index in [9.17, 15) is 0 Å². The minimum atomic E-state index is 0.375. The fraction of sp³-hybridized carbons (Fsp3) is 0.100. The number of aromatic nitrogens is 3. The molecule has 0 amide bonds. The van der Waals surface area contributed by atoms with Gasteiger partial charge in [0.25, 0.3) is 0 Å². The van der Waals surface area contributed by atoms with Gasteiger partial charge in [0.1, 0.15) is 17.9 Å². The van der Waals surface area contributed by atoms with Crippen molar-refractivity contribution in [2.24, 2.45) is 0 Å². The number of nitrogens with zero attached hydrogens (tertiary/aromatic N) is 3. The van der Waals surface area contributed by atoms with Gasteiger partial charge in [-0.2, -0.15) is 0 Å². The molecule has 0 radical (unpaired) electrons. The van der Waals surface area contributed by atoms with E-state index in [1.54, 1.807) is 12.3 Å². The second kappa shape index (κ2) is 3.91. The lowest BCUT2D eigenvalue weighted by Crippen LogP contribution is -1.94. The van der Waals surface area contributed by atoms with Gasteiger partial charge in [-0.15, -0.1) is 0 Å². The van der Waals surface area contributed by atoms with Crippen molar-refractivity contribution < 1.29 is 4.74 Å². The molecule has 0 atom stereocenters. The standard InChI is InChI=1S/C10H10N4O/c1-7-2-3-8(5-12-7)15-10-4-9(11)13-6-14-10/h2-6H,1H3,(H2,11,13,14). The molecule has 15 heavy (non-hydrogen) atoms. The lowest BCUT2D eigenvalue weighted by atomic mass is 10.4. The average molecular weight is 202 g/mol. The maximum absolute atomic E-state index is 5.49. The molecule has 0 aliphatic heterocycles. The quantitative estimate of drug-likeness (QED) is 0.799. The van der Waals surface area contributed by atoms with Crippen LogP contribution in [-0.2, 0) is 0 Å². The number of nitrogen functional groups attached to an aromatic ring is 1. The van der Waals surface area contributed by atoms with Gasteiger partial charge in [-0.05, 0) is 19.1 Å². The van der Waals surface area contributed by atoms with Crippen molar-refractivity contribution in [3.05, 3.63) is 36.4 Å². The van der Waals surface area contributed by atoms with Gasteiger partial charge in [-0.1, -0.05) is 0 Å². The van der Waals surface area contributed by atoms with E-state index in [2.05, 4.69) is 15.0 Å². The van der Waals surface area contributed by atoms with Crippen molar-refractivity contribution in [2.45, 2.75) is 6.92 Å². The van der Waals surface area contributed by atoms with E-state index in [1.807, 2.05) is 19.1 Å². The van der Waals surface area contributed by atoms with Crippen LogP contribution in [0.4, 0.5) is 5.82 Å². The van der Waals surface area contributed by atoms with Crippen molar-refractivity contribution in [1.82, 2.24) is 15.0 Å². The van der Waals surface area contributed by atoms with Crippen molar-refractivity contribution in [3.8, 4) is 11.6 Å². The van der Waals surface area contributed by atoms with E-state index < -0.39 is 0 Å². The van der Waals surface area contributed by atoms with Crippen molar-refractivity contribution >= 4 is 5.82 Å². The summed E-state index contributed by atoms with van der Waals surface area (Å²) >= 11 is 0. The summed E-state index contributed by atoms with van der Waals surface area (Å²) in [7, 11) is 0. The first-order chi connectivity index (χ1) is 7.24. The van der Waals surface area contributed by atoms with Gasteiger partial charge in [0.05, 0.1) is 6.20 Å². The van der Waals surface area contributed by atoms with Gasteiger partial charge < -0.3 is 10.5 Å². The van der Waals surface area contributed by atoms with Crippen LogP contribution in [0.2, 0.25) is 0 Å². The average Bonchev–Trinajstić information content (AvgIpc) is 2.22. The van der Waals surface area contributed by atoms with E-state index in [1.165, 1.54) is 6.33 Å². The normalized spacial score (nSPS) is 9.93. The van der Waals surface area contributed by atoms with E-state index >= 15 is 0 Å². The van der Waals surface area contributed by atoms with Gasteiger partial charge in [-0.3, -0.25) is 4.98 Å². The van der Waals surface area contributed by atoms with Crippen LogP contribution in [0.25, 0.3) is 0 Å². The molecular formula is C10H10N4O. The van der Waals surface area contributed by atoms with Gasteiger partial charge in [-0.25, -0.2) is 9.97 Å². The lowest BCUT2D eigenvalue weighted by Gasteiger charge is -2.03. The molecule has 0 saturated heterocycles. The molecule has 2 N–H and O–H groups in total. The van der Waals surface area contributed by atoms with E-state index in [-0.39, 0.29) is 0 Å². The van der Waals surface area contributed by atoms with Gasteiger partial charge in [0.2, 0.25) is 5.88 Å². The summed E-state index contributed by atoms with van der Waals surface area (Å²) in [5.41, 5.74) is 6.42. The van der Waals surface area contributed by atoms with Crippen LogP contribution >= 0.6 is 0 Å². The third-order valence-corrected chi connectivity index (χ3v) is 1.77. The van der Waals surface area contributed by atoms with E-state index in [4.69, 9.17) is 10.5 Å². The highest BCUT2D eigenvalue weighted by Crippen LogP contribution is 2.18. The first kappa shape index (κ1) is 9.39. The molecule has 0 aliphatic carbocycles. The van der Waals surface area contributed by atoms with Crippen LogP contribution in [-0.4, -0.2) is 15.0 Å². The van der Waals surface area contributed by atoms with Crippen molar-refractivity contribution in [3.63, 3.8) is 0 Å². The maximum Gasteiger partial charge on any atom is 0.224 e. The van der Waals surface area contributed by atoms with E-state index in [0.717, 1.165) is 5.69 Å². The monoisotopic (exact) mass is 202 g/mol. The van der Waals surface area contributed by atoms with Crippen molar-refractivity contribution in [1.29, 1.82) is 0 Å². The molecule has 2 rings (SSSR count). The zero-order chi connectivity index (χ0) is 10.7. The first-order valence-corrected chi connectivity index (χ1v) is 4.42. The Morgan fingerprint density at radius 1 is 1.20 bits per heavy atom. The predicted molar refractivity (Wildman–Crippen MR) is 55.5 cm³/mol. The van der Waals surface area contributed by atoms with E-state index in [0.29, 0.717) is 17.4 Å². The Hall–Kier alpha value is -2.17. The summed E-state index contributed by atoms with van der Waals surface area (Å²) in [5.74, 6) is 1.41. The Labute approximate surface area is 87.0 Å². The maximum atomic E-state index is 5.49. The number of rotatable bonds is 2. The molecule has 2 heterocycles. The molecule has 0 fully saturated rings. The predicted octanol–water partition coefficient (Wildman–Crippen LogP) is 1.55. The SMILES string of the molecule is Cc1ccc(Oc2cc(N)ncn2)cn1. The Morgan fingerprint density at radius 3 is 2.73 bits per heavy atom. The Morgan fingerprint density at radius 2 is 2.07 bits per heavy atom. The fourth-order valence-corrected chi connectivity index (χ4v) is 1.04. The number of pyridine rings is 1. The Bertz CT molecular complexity index is 455. The zero-order valence-electron chi connectivity index (χ0n) is 8.21. The summed E-state index contributed by atoms with van der Waals surface area (Å²) in [4.78, 5) is 11.8. The van der Waals surface area contributed by atoms with Crippen molar-refractivity contribution in [2.75, 3.05) is 5.73 Å². The number of ether oxygens (including phenoxy) is 1. The molecule has 5 heteroatoms. The number of hydrogen-bond acceptors (Lipinski definition) is 5. The van der Waals surface area contributed by atoms with Gasteiger partial charge in [0, 0.05) is 11.8 Å². The summed E-state index contributed by atoms with van der Waals surface area (Å²) < 4.78 is 5.42. The second-order valence-corrected chi connectivity index (χ2v) is 3.02. The third-order valence-electron chi connectivity index (χ3n) is 1.77.